The van der Waals surface area contributed by atoms with Gasteiger partial charge in [-0.25, -0.2) is 0 Å². The summed E-state index contributed by atoms with van der Waals surface area (Å²) < 4.78 is 5.22. The van der Waals surface area contributed by atoms with Gasteiger partial charge in [0.2, 0.25) is 0 Å². The Kier molecular flexibility index (Phi) is 2.95. The first kappa shape index (κ1) is 8.89. The van der Waals surface area contributed by atoms with Crippen LogP contribution in [0.5, 0.6) is 0 Å². The summed E-state index contributed by atoms with van der Waals surface area (Å²) in [5, 5.41) is 9.48. The summed E-state index contributed by atoms with van der Waals surface area (Å²) in [5.41, 5.74) is 0. The predicted molar refractivity (Wildman–Crippen MR) is 46.5 cm³/mol. The Labute approximate surface area is 72.2 Å². The number of aliphatic hydroxyl groups is 1. The van der Waals surface area contributed by atoms with E-state index in [1.165, 1.54) is 0 Å². The molecule has 0 amide bonds. The van der Waals surface area contributed by atoms with E-state index in [-0.39, 0.29) is 0 Å². The fraction of sp³-hybridized carbons (Fsp3) is 0.400. The topological polar surface area (TPSA) is 33.4 Å². The van der Waals surface area contributed by atoms with Gasteiger partial charge in [-0.1, -0.05) is 0 Å². The molecule has 0 fully saturated rings. The fourth-order valence-electron chi connectivity index (χ4n) is 0.995. The van der Waals surface area contributed by atoms with Gasteiger partial charge in [0.05, 0.1) is 0 Å². The second-order valence-electron chi connectivity index (χ2n) is 2.71. The van der Waals surface area contributed by atoms with Gasteiger partial charge >= 0.3 is 0 Å². The highest BCUT2D eigenvalue weighted by Crippen LogP contribution is 2.19. The number of aliphatic hydroxyl groups excluding tert-OH is 1. The Hall–Kier alpha value is -1.20. The van der Waals surface area contributed by atoms with E-state index in [1.807, 2.05) is 13.0 Å². The molecule has 0 aliphatic heterocycles. The molecule has 0 saturated heterocycles. The summed E-state index contributed by atoms with van der Waals surface area (Å²) in [6, 6.07) is 3.60. The first-order valence-electron chi connectivity index (χ1n) is 3.92. The summed E-state index contributed by atoms with van der Waals surface area (Å²) in [6.07, 6.45) is 5.64. The number of terminal acetylenes is 1. The average molecular weight is 164 g/mol. The van der Waals surface area contributed by atoms with Crippen molar-refractivity contribution in [3.05, 3.63) is 23.7 Å². The van der Waals surface area contributed by atoms with Gasteiger partial charge in [0, 0.05) is 6.42 Å². The molecule has 1 rings (SSSR count). The van der Waals surface area contributed by atoms with Gasteiger partial charge in [-0.3, -0.25) is 0 Å². The third kappa shape index (κ3) is 2.14. The lowest BCUT2D eigenvalue weighted by molar-refractivity contribution is 0.140. The van der Waals surface area contributed by atoms with Crippen molar-refractivity contribution in [3.8, 4) is 12.3 Å². The molecule has 1 aromatic heterocycles. The van der Waals surface area contributed by atoms with E-state index in [2.05, 4.69) is 5.92 Å². The molecule has 12 heavy (non-hydrogen) atoms. The molecule has 1 heterocycles. The van der Waals surface area contributed by atoms with Gasteiger partial charge in [-0.2, -0.15) is 0 Å². The van der Waals surface area contributed by atoms with Crippen molar-refractivity contribution in [1.82, 2.24) is 0 Å². The Morgan fingerprint density at radius 1 is 1.67 bits per heavy atom. The lowest BCUT2D eigenvalue weighted by Crippen LogP contribution is -1.94. The second-order valence-corrected chi connectivity index (χ2v) is 2.71. The molecule has 0 radical (unpaired) electrons. The third-order valence-corrected chi connectivity index (χ3v) is 1.65. The summed E-state index contributed by atoms with van der Waals surface area (Å²) in [7, 11) is 0. The molecule has 0 spiro atoms. The molecule has 0 aliphatic carbocycles. The second kappa shape index (κ2) is 3.99. The highest BCUT2D eigenvalue weighted by atomic mass is 16.4. The number of furan rings is 1. The molecule has 1 N–H and O–H groups in total. The minimum Gasteiger partial charge on any atom is -0.464 e. The number of aryl methyl sites for hydroxylation is 1. The summed E-state index contributed by atoms with van der Waals surface area (Å²) in [4.78, 5) is 0. The molecule has 2 nitrogen and oxygen atoms in total. The van der Waals surface area contributed by atoms with Crippen LogP contribution in [-0.2, 0) is 0 Å². The molecule has 1 aromatic rings. The van der Waals surface area contributed by atoms with E-state index in [0.717, 1.165) is 5.76 Å². The Bertz CT molecular complexity index is 280. The molecule has 0 saturated carbocycles. The minimum atomic E-state index is -0.560. The minimum absolute atomic E-state index is 0.559. The van der Waals surface area contributed by atoms with Crippen molar-refractivity contribution >= 4 is 0 Å². The maximum Gasteiger partial charge on any atom is 0.132 e. The van der Waals surface area contributed by atoms with Crippen molar-refractivity contribution in [2.24, 2.45) is 0 Å². The van der Waals surface area contributed by atoms with E-state index in [9.17, 15) is 5.11 Å². The summed E-state index contributed by atoms with van der Waals surface area (Å²) in [5.74, 6) is 3.88. The first-order valence-corrected chi connectivity index (χ1v) is 3.92. The Balaban J connectivity index is 2.54. The lowest BCUT2D eigenvalue weighted by Gasteiger charge is -2.03. The van der Waals surface area contributed by atoms with Gasteiger partial charge in [0.1, 0.15) is 17.6 Å². The third-order valence-electron chi connectivity index (χ3n) is 1.65. The standard InChI is InChI=1S/C10H12O2/c1-3-4-5-9(11)10-7-6-8(2)12-10/h1,6-7,9,11H,4-5H2,2H3. The molecule has 1 unspecified atom stereocenters. The fourth-order valence-corrected chi connectivity index (χ4v) is 0.995. The van der Waals surface area contributed by atoms with Gasteiger partial charge in [-0.05, 0) is 25.5 Å². The molecule has 0 aliphatic rings. The van der Waals surface area contributed by atoms with Gasteiger partial charge in [0.25, 0.3) is 0 Å². The van der Waals surface area contributed by atoms with Crippen molar-refractivity contribution in [2.45, 2.75) is 25.9 Å². The zero-order valence-corrected chi connectivity index (χ0v) is 7.08. The van der Waals surface area contributed by atoms with Crippen LogP contribution in [0.3, 0.4) is 0 Å². The summed E-state index contributed by atoms with van der Waals surface area (Å²) >= 11 is 0. The molecule has 0 bridgehead atoms. The maximum absolute atomic E-state index is 9.48. The van der Waals surface area contributed by atoms with Gasteiger partial charge in [0.15, 0.2) is 0 Å². The molecular formula is C10H12O2. The van der Waals surface area contributed by atoms with Crippen molar-refractivity contribution < 1.29 is 9.52 Å². The zero-order chi connectivity index (χ0) is 8.97. The van der Waals surface area contributed by atoms with Crippen LogP contribution < -0.4 is 0 Å². The summed E-state index contributed by atoms with van der Waals surface area (Å²) in [6.45, 7) is 1.84. The van der Waals surface area contributed by atoms with Crippen LogP contribution in [0.2, 0.25) is 0 Å². The quantitative estimate of drug-likeness (QED) is 0.693. The van der Waals surface area contributed by atoms with E-state index < -0.39 is 6.10 Å². The molecular weight excluding hydrogens is 152 g/mol. The van der Waals surface area contributed by atoms with Crippen LogP contribution in [-0.4, -0.2) is 5.11 Å². The zero-order valence-electron chi connectivity index (χ0n) is 7.08. The Morgan fingerprint density at radius 2 is 2.42 bits per heavy atom. The van der Waals surface area contributed by atoms with Crippen LogP contribution in [0.25, 0.3) is 0 Å². The smallest absolute Gasteiger partial charge is 0.132 e. The molecule has 64 valence electrons. The van der Waals surface area contributed by atoms with Crippen LogP contribution in [0.4, 0.5) is 0 Å². The van der Waals surface area contributed by atoms with Gasteiger partial charge < -0.3 is 9.52 Å². The highest BCUT2D eigenvalue weighted by Gasteiger charge is 2.09. The molecule has 1 atom stereocenters. The van der Waals surface area contributed by atoms with Gasteiger partial charge in [-0.15, -0.1) is 12.3 Å². The normalized spacial score (nSPS) is 12.4. The lowest BCUT2D eigenvalue weighted by atomic mass is 10.1. The Morgan fingerprint density at radius 3 is 2.92 bits per heavy atom. The number of hydrogen-bond donors (Lipinski definition) is 1. The SMILES string of the molecule is C#CCCC(O)c1ccc(C)o1. The maximum atomic E-state index is 9.48. The van der Waals surface area contributed by atoms with E-state index in [4.69, 9.17) is 10.8 Å². The monoisotopic (exact) mass is 164 g/mol. The molecule has 2 heteroatoms. The van der Waals surface area contributed by atoms with Crippen LogP contribution >= 0.6 is 0 Å². The van der Waals surface area contributed by atoms with Crippen molar-refractivity contribution in [3.63, 3.8) is 0 Å². The number of hydrogen-bond acceptors (Lipinski definition) is 2. The largest absolute Gasteiger partial charge is 0.464 e. The first-order chi connectivity index (χ1) is 5.74. The van der Waals surface area contributed by atoms with E-state index in [1.54, 1.807) is 6.07 Å². The highest BCUT2D eigenvalue weighted by molar-refractivity contribution is 5.08. The average Bonchev–Trinajstić information content (AvgIpc) is 2.47. The van der Waals surface area contributed by atoms with Crippen LogP contribution in [0, 0.1) is 19.3 Å². The van der Waals surface area contributed by atoms with Crippen LogP contribution in [0.15, 0.2) is 16.5 Å². The predicted octanol–water partition coefficient (Wildman–Crippen LogP) is 2.03. The van der Waals surface area contributed by atoms with E-state index >= 15 is 0 Å². The van der Waals surface area contributed by atoms with Crippen molar-refractivity contribution in [2.75, 3.05) is 0 Å². The van der Waals surface area contributed by atoms with Crippen LogP contribution in [0.1, 0.15) is 30.5 Å². The van der Waals surface area contributed by atoms with E-state index in [0.29, 0.717) is 18.6 Å². The molecule has 0 aromatic carbocycles. The number of rotatable bonds is 3. The van der Waals surface area contributed by atoms with Crippen molar-refractivity contribution in [1.29, 1.82) is 0 Å².